The molecule has 1 aromatic heterocycles. The normalized spacial score (nSPS) is 22.6. The van der Waals surface area contributed by atoms with Gasteiger partial charge < -0.3 is 0 Å². The fourth-order valence-corrected chi connectivity index (χ4v) is 5.22. The van der Waals surface area contributed by atoms with Crippen molar-refractivity contribution in [1.29, 1.82) is 0 Å². The lowest BCUT2D eigenvalue weighted by Crippen LogP contribution is -2.21. The number of hydrogen-bond acceptors (Lipinski definition) is 3. The Bertz CT molecular complexity index is 799. The van der Waals surface area contributed by atoms with Gasteiger partial charge in [-0.2, -0.15) is 5.10 Å². The first-order chi connectivity index (χ1) is 12.7. The van der Waals surface area contributed by atoms with E-state index in [1.807, 2.05) is 0 Å². The summed E-state index contributed by atoms with van der Waals surface area (Å²) in [6.07, 6.45) is 7.63. The van der Waals surface area contributed by atoms with E-state index in [1.165, 1.54) is 22.4 Å². The van der Waals surface area contributed by atoms with Gasteiger partial charge in [-0.3, -0.25) is 4.79 Å². The minimum Gasteiger partial charge on any atom is -0.266 e. The predicted molar refractivity (Wildman–Crippen MR) is 108 cm³/mol. The number of nitrogens with zero attached hydrogens (tertiary/aromatic N) is 1. The number of carbonyl (C=O) groups excluding carboxylic acids is 1. The standard InChI is InChI=1S/C22H26N2OS/c1-15-7-12-20-18(13-15)14-21(26-20)22(25)24-23-19-10-8-17(9-11-19)16-5-3-2-4-6-16/h2-6,14-15,17H,7-13H2,1H3,(H,24,25)/t15-,17?/m1/s1. The van der Waals surface area contributed by atoms with E-state index < -0.39 is 0 Å². The quantitative estimate of drug-likeness (QED) is 0.734. The van der Waals surface area contributed by atoms with E-state index in [2.05, 4.69) is 53.8 Å². The molecule has 26 heavy (non-hydrogen) atoms. The minimum atomic E-state index is -0.0465. The number of nitrogens with one attached hydrogen (secondary N) is 1. The van der Waals surface area contributed by atoms with Gasteiger partial charge in [0.25, 0.3) is 5.91 Å². The van der Waals surface area contributed by atoms with Crippen molar-refractivity contribution in [2.75, 3.05) is 0 Å². The van der Waals surface area contributed by atoms with E-state index in [9.17, 15) is 4.79 Å². The Kier molecular flexibility index (Phi) is 5.21. The predicted octanol–water partition coefficient (Wildman–Crippen LogP) is 5.32. The third kappa shape index (κ3) is 3.90. The number of thiophene rings is 1. The van der Waals surface area contributed by atoms with Crippen LogP contribution in [0.4, 0.5) is 0 Å². The molecule has 4 heteroatoms. The van der Waals surface area contributed by atoms with Crippen LogP contribution >= 0.6 is 11.3 Å². The summed E-state index contributed by atoms with van der Waals surface area (Å²) in [4.78, 5) is 14.7. The molecule has 0 unspecified atom stereocenters. The SMILES string of the molecule is C[C@@H]1CCc2sc(C(=O)NN=C3CCC(c4ccccc4)CC3)cc2C1. The third-order valence-corrected chi connectivity index (χ3v) is 6.94. The van der Waals surface area contributed by atoms with Crippen LogP contribution in [0.3, 0.4) is 0 Å². The molecule has 0 aliphatic heterocycles. The molecule has 1 heterocycles. The fourth-order valence-electron chi connectivity index (χ4n) is 4.12. The first-order valence-corrected chi connectivity index (χ1v) is 10.5. The number of carbonyl (C=O) groups is 1. The molecule has 136 valence electrons. The maximum absolute atomic E-state index is 12.5. The van der Waals surface area contributed by atoms with Gasteiger partial charge in [-0.15, -0.1) is 11.3 Å². The molecule has 1 fully saturated rings. The van der Waals surface area contributed by atoms with Gasteiger partial charge in [-0.25, -0.2) is 5.43 Å². The van der Waals surface area contributed by atoms with Gasteiger partial charge >= 0.3 is 0 Å². The summed E-state index contributed by atoms with van der Waals surface area (Å²) in [6, 6.07) is 12.8. The van der Waals surface area contributed by atoms with E-state index in [0.29, 0.717) is 5.92 Å². The molecule has 2 aromatic rings. The number of rotatable bonds is 3. The number of fused-ring (bicyclic) bond motifs is 1. The van der Waals surface area contributed by atoms with Crippen molar-refractivity contribution in [3.8, 4) is 0 Å². The van der Waals surface area contributed by atoms with Crippen LogP contribution in [0.5, 0.6) is 0 Å². The highest BCUT2D eigenvalue weighted by Crippen LogP contribution is 2.33. The number of hydrogen-bond donors (Lipinski definition) is 1. The Morgan fingerprint density at radius 2 is 1.88 bits per heavy atom. The second kappa shape index (κ2) is 7.75. The molecule has 1 aromatic carbocycles. The molecular formula is C22H26N2OS. The van der Waals surface area contributed by atoms with E-state index in [4.69, 9.17) is 0 Å². The summed E-state index contributed by atoms with van der Waals surface area (Å²) in [7, 11) is 0. The summed E-state index contributed by atoms with van der Waals surface area (Å²) in [5, 5.41) is 4.43. The zero-order valence-corrected chi connectivity index (χ0v) is 16.1. The van der Waals surface area contributed by atoms with Gasteiger partial charge in [-0.05, 0) is 74.0 Å². The van der Waals surface area contributed by atoms with Gasteiger partial charge in [0.2, 0.25) is 0 Å². The summed E-state index contributed by atoms with van der Waals surface area (Å²) in [5.74, 6) is 1.31. The lowest BCUT2D eigenvalue weighted by atomic mass is 9.83. The molecule has 1 saturated carbocycles. The van der Waals surface area contributed by atoms with Gasteiger partial charge in [-0.1, -0.05) is 37.3 Å². The zero-order chi connectivity index (χ0) is 17.9. The average molecular weight is 367 g/mol. The molecule has 1 N–H and O–H groups in total. The second-order valence-electron chi connectivity index (χ2n) is 7.71. The van der Waals surface area contributed by atoms with Crippen LogP contribution in [0.2, 0.25) is 0 Å². The Balaban J connectivity index is 1.33. The molecule has 0 saturated heterocycles. The Morgan fingerprint density at radius 3 is 2.65 bits per heavy atom. The van der Waals surface area contributed by atoms with Crippen molar-refractivity contribution < 1.29 is 4.79 Å². The maximum Gasteiger partial charge on any atom is 0.281 e. The van der Waals surface area contributed by atoms with Crippen LogP contribution in [0.25, 0.3) is 0 Å². The fraction of sp³-hybridized carbons (Fsp3) is 0.455. The summed E-state index contributed by atoms with van der Waals surface area (Å²) >= 11 is 1.65. The topological polar surface area (TPSA) is 41.5 Å². The largest absolute Gasteiger partial charge is 0.281 e. The highest BCUT2D eigenvalue weighted by atomic mass is 32.1. The average Bonchev–Trinajstić information content (AvgIpc) is 3.10. The van der Waals surface area contributed by atoms with Crippen LogP contribution in [-0.4, -0.2) is 11.6 Å². The van der Waals surface area contributed by atoms with Crippen molar-refractivity contribution in [2.45, 2.75) is 57.8 Å². The van der Waals surface area contributed by atoms with E-state index in [1.54, 1.807) is 11.3 Å². The van der Waals surface area contributed by atoms with Gasteiger partial charge in [0, 0.05) is 10.6 Å². The van der Waals surface area contributed by atoms with Crippen molar-refractivity contribution in [1.82, 2.24) is 5.43 Å². The molecule has 0 spiro atoms. The van der Waals surface area contributed by atoms with E-state index >= 15 is 0 Å². The highest BCUT2D eigenvalue weighted by Gasteiger charge is 2.22. The number of aryl methyl sites for hydroxylation is 1. The first kappa shape index (κ1) is 17.5. The van der Waals surface area contributed by atoms with Crippen molar-refractivity contribution in [2.24, 2.45) is 11.0 Å². The van der Waals surface area contributed by atoms with Crippen molar-refractivity contribution in [3.63, 3.8) is 0 Å². The monoisotopic (exact) mass is 366 g/mol. The number of amides is 1. The lowest BCUT2D eigenvalue weighted by molar-refractivity contribution is 0.0958. The molecule has 1 amide bonds. The molecule has 0 bridgehead atoms. The minimum absolute atomic E-state index is 0.0465. The maximum atomic E-state index is 12.5. The molecule has 2 aliphatic carbocycles. The molecular weight excluding hydrogens is 340 g/mol. The Labute approximate surface area is 159 Å². The van der Waals surface area contributed by atoms with Crippen LogP contribution in [-0.2, 0) is 12.8 Å². The first-order valence-electron chi connectivity index (χ1n) is 9.71. The van der Waals surface area contributed by atoms with E-state index in [0.717, 1.165) is 55.0 Å². The second-order valence-corrected chi connectivity index (χ2v) is 8.85. The Hall–Kier alpha value is -1.94. The summed E-state index contributed by atoms with van der Waals surface area (Å²) in [5.41, 5.74) is 6.72. The molecule has 3 nitrogen and oxygen atoms in total. The number of hydrazone groups is 1. The Morgan fingerprint density at radius 1 is 1.12 bits per heavy atom. The van der Waals surface area contributed by atoms with Crippen LogP contribution in [0, 0.1) is 5.92 Å². The third-order valence-electron chi connectivity index (χ3n) is 5.70. The van der Waals surface area contributed by atoms with Gasteiger partial charge in [0.1, 0.15) is 0 Å². The molecule has 4 rings (SSSR count). The van der Waals surface area contributed by atoms with Crippen LogP contribution < -0.4 is 5.43 Å². The molecule has 1 atom stereocenters. The molecule has 0 radical (unpaired) electrons. The van der Waals surface area contributed by atoms with Crippen LogP contribution in [0.1, 0.15) is 70.6 Å². The smallest absolute Gasteiger partial charge is 0.266 e. The summed E-state index contributed by atoms with van der Waals surface area (Å²) in [6.45, 7) is 2.29. The molecule has 2 aliphatic rings. The van der Waals surface area contributed by atoms with Crippen molar-refractivity contribution >= 4 is 23.0 Å². The number of benzene rings is 1. The highest BCUT2D eigenvalue weighted by molar-refractivity contribution is 7.14. The van der Waals surface area contributed by atoms with E-state index in [-0.39, 0.29) is 5.91 Å². The van der Waals surface area contributed by atoms with Gasteiger partial charge in [0.05, 0.1) is 4.88 Å². The van der Waals surface area contributed by atoms with Crippen LogP contribution in [0.15, 0.2) is 41.5 Å². The zero-order valence-electron chi connectivity index (χ0n) is 15.3. The summed E-state index contributed by atoms with van der Waals surface area (Å²) < 4.78 is 0. The van der Waals surface area contributed by atoms with Gasteiger partial charge in [0.15, 0.2) is 0 Å². The lowest BCUT2D eigenvalue weighted by Gasteiger charge is -2.23. The van der Waals surface area contributed by atoms with Crippen molar-refractivity contribution in [3.05, 3.63) is 57.3 Å².